The summed E-state index contributed by atoms with van der Waals surface area (Å²) in [4.78, 5) is 11.2. The van der Waals surface area contributed by atoms with Crippen LogP contribution in [0.15, 0.2) is 34.7 Å². The van der Waals surface area contributed by atoms with Crippen LogP contribution in [0, 0.1) is 0 Å². The number of halogens is 6. The van der Waals surface area contributed by atoms with Gasteiger partial charge in [0.25, 0.3) is 5.91 Å². The maximum atomic E-state index is 12.2. The highest BCUT2D eigenvalue weighted by molar-refractivity contribution is 7.89. The second kappa shape index (κ2) is 5.72. The van der Waals surface area contributed by atoms with Gasteiger partial charge in [-0.25, -0.2) is 0 Å². The van der Waals surface area contributed by atoms with Crippen molar-refractivity contribution in [1.29, 1.82) is 0 Å². The molecule has 0 aliphatic carbocycles. The van der Waals surface area contributed by atoms with Crippen molar-refractivity contribution in [2.45, 2.75) is 17.4 Å². The minimum absolute atomic E-state index is 0.296. The molecule has 0 saturated heterocycles. The molecule has 19 heavy (non-hydrogen) atoms. The summed E-state index contributed by atoms with van der Waals surface area (Å²) in [7, 11) is -4.29. The van der Waals surface area contributed by atoms with Crippen molar-refractivity contribution in [2.24, 2.45) is 4.36 Å². The van der Waals surface area contributed by atoms with Crippen LogP contribution in [-0.2, 0) is 21.9 Å². The van der Waals surface area contributed by atoms with Crippen LogP contribution in [0.5, 0.6) is 0 Å². The molecule has 0 bridgehead atoms. The molecule has 1 aromatic rings. The van der Waals surface area contributed by atoms with Gasteiger partial charge in [0.05, 0.1) is 6.42 Å². The largest absolute Gasteiger partial charge is 0.460 e. The van der Waals surface area contributed by atoms with Gasteiger partial charge < -0.3 is 0 Å². The summed E-state index contributed by atoms with van der Waals surface area (Å²) in [5.74, 6) is -1.45. The van der Waals surface area contributed by atoms with Crippen LogP contribution in [0.3, 0.4) is 0 Å². The number of carbonyl (C=O) groups excluding carboxylic acids is 1. The smallest absolute Gasteiger partial charge is 0.272 e. The third-order valence-corrected chi connectivity index (χ3v) is 3.09. The number of nitrogens with zero attached hydrogens (tertiary/aromatic N) is 1. The zero-order chi connectivity index (χ0) is 14.7. The molecule has 0 unspecified atom stereocenters. The van der Waals surface area contributed by atoms with E-state index in [1.807, 2.05) is 0 Å². The Balaban J connectivity index is 2.95. The fourth-order valence-corrected chi connectivity index (χ4v) is 1.88. The Hall–Kier alpha value is -1.38. The van der Waals surface area contributed by atoms with Gasteiger partial charge in [-0.05, 0) is 5.56 Å². The van der Waals surface area contributed by atoms with Gasteiger partial charge in [-0.15, -0.1) is 0 Å². The highest BCUT2D eigenvalue weighted by Gasteiger charge is 2.52. The highest BCUT2D eigenvalue weighted by atomic mass is 32.2. The van der Waals surface area contributed by atoms with Crippen molar-refractivity contribution in [3.8, 4) is 0 Å². The number of alkyl halides is 6. The van der Waals surface area contributed by atoms with Gasteiger partial charge >= 0.3 is 11.0 Å². The van der Waals surface area contributed by atoms with E-state index < -0.39 is 34.0 Å². The number of hydrogen-bond donors (Lipinski definition) is 0. The number of carbonyl (C=O) groups is 1. The van der Waals surface area contributed by atoms with Crippen LogP contribution in [0.2, 0.25) is 0 Å². The maximum Gasteiger partial charge on any atom is 0.460 e. The molecule has 0 aliphatic heterocycles. The van der Waals surface area contributed by atoms with Crippen molar-refractivity contribution in [3.05, 3.63) is 35.9 Å². The number of benzene rings is 1. The van der Waals surface area contributed by atoms with Gasteiger partial charge in [-0.2, -0.15) is 30.7 Å². The van der Waals surface area contributed by atoms with E-state index in [0.717, 1.165) is 0 Å². The van der Waals surface area contributed by atoms with Crippen molar-refractivity contribution in [1.82, 2.24) is 0 Å². The molecule has 0 spiro atoms. The molecule has 1 rings (SSSR count). The van der Waals surface area contributed by atoms with E-state index >= 15 is 0 Å². The number of amides is 1. The van der Waals surface area contributed by atoms with Crippen molar-refractivity contribution in [2.75, 3.05) is 0 Å². The molecular formula is C10H7F6NOS. The van der Waals surface area contributed by atoms with Crippen LogP contribution < -0.4 is 0 Å². The predicted octanol–water partition coefficient (Wildman–Crippen LogP) is 3.60. The molecule has 9 heteroatoms. The van der Waals surface area contributed by atoms with E-state index in [1.165, 1.54) is 24.3 Å². The first-order valence-corrected chi connectivity index (χ1v) is 5.95. The standard InChI is InChI=1S/C10H7F6NOS/c11-9(12,13)19(10(14,15)16)17-8(18)6-7-4-2-1-3-5-7/h1-5H,6H2. The van der Waals surface area contributed by atoms with Gasteiger partial charge in [0, 0.05) is 0 Å². The molecule has 0 radical (unpaired) electrons. The Labute approximate surface area is 106 Å². The summed E-state index contributed by atoms with van der Waals surface area (Å²) in [6.07, 6.45) is -0.601. The van der Waals surface area contributed by atoms with E-state index in [-0.39, 0.29) is 0 Å². The van der Waals surface area contributed by atoms with E-state index in [1.54, 1.807) is 6.07 Å². The van der Waals surface area contributed by atoms with Gasteiger partial charge in [-0.1, -0.05) is 30.3 Å². The summed E-state index contributed by atoms with van der Waals surface area (Å²) in [6, 6.07) is 7.44. The lowest BCUT2D eigenvalue weighted by molar-refractivity contribution is -0.117. The van der Waals surface area contributed by atoms with Crippen molar-refractivity contribution in [3.63, 3.8) is 0 Å². The van der Waals surface area contributed by atoms with Gasteiger partial charge in [0.2, 0.25) is 0 Å². The summed E-state index contributed by atoms with van der Waals surface area (Å²) >= 11 is 0. The molecule has 1 amide bonds. The van der Waals surface area contributed by atoms with Gasteiger partial charge in [-0.3, -0.25) is 4.79 Å². The molecule has 106 valence electrons. The third kappa shape index (κ3) is 5.01. The van der Waals surface area contributed by atoms with Crippen LogP contribution in [0.1, 0.15) is 5.56 Å². The fourth-order valence-electron chi connectivity index (χ4n) is 1.14. The van der Waals surface area contributed by atoms with Gasteiger partial charge in [0.15, 0.2) is 0 Å². The topological polar surface area (TPSA) is 29.4 Å². The molecule has 0 fully saturated rings. The summed E-state index contributed by atoms with van der Waals surface area (Å²) in [5.41, 5.74) is -10.9. The molecular weight excluding hydrogens is 296 g/mol. The Morgan fingerprint density at radius 1 is 1.00 bits per heavy atom. The summed E-state index contributed by atoms with van der Waals surface area (Å²) in [6.45, 7) is 0. The lowest BCUT2D eigenvalue weighted by Gasteiger charge is -2.13. The molecule has 0 N–H and O–H groups in total. The average molecular weight is 303 g/mol. The Morgan fingerprint density at radius 3 is 1.89 bits per heavy atom. The molecule has 2 nitrogen and oxygen atoms in total. The second-order valence-electron chi connectivity index (χ2n) is 3.32. The van der Waals surface area contributed by atoms with E-state index in [4.69, 9.17) is 0 Å². The van der Waals surface area contributed by atoms with Crippen LogP contribution in [0.4, 0.5) is 26.3 Å². The zero-order valence-electron chi connectivity index (χ0n) is 9.13. The first-order valence-electron chi connectivity index (χ1n) is 4.77. The Bertz CT molecular complexity index is 463. The summed E-state index contributed by atoms with van der Waals surface area (Å²) < 4.78 is 75.2. The summed E-state index contributed by atoms with van der Waals surface area (Å²) in [5, 5.41) is 0. The third-order valence-electron chi connectivity index (χ3n) is 1.83. The zero-order valence-corrected chi connectivity index (χ0v) is 9.94. The monoisotopic (exact) mass is 303 g/mol. The fraction of sp³-hybridized carbons (Fsp3) is 0.300. The average Bonchev–Trinajstić information content (AvgIpc) is 2.24. The predicted molar refractivity (Wildman–Crippen MR) is 57.1 cm³/mol. The van der Waals surface area contributed by atoms with E-state index in [9.17, 15) is 31.1 Å². The quantitative estimate of drug-likeness (QED) is 0.768. The van der Waals surface area contributed by atoms with E-state index in [2.05, 4.69) is 4.36 Å². The van der Waals surface area contributed by atoms with Gasteiger partial charge in [0.1, 0.15) is 10.7 Å². The first kappa shape index (κ1) is 15.7. The maximum absolute atomic E-state index is 12.2. The SMILES string of the molecule is O=C(Cc1ccccc1)N=S(C(F)(F)F)C(F)(F)F. The molecule has 0 aliphatic rings. The number of hydrogen-bond acceptors (Lipinski definition) is 1. The second-order valence-corrected chi connectivity index (χ2v) is 5.00. The van der Waals surface area contributed by atoms with Crippen molar-refractivity contribution < 1.29 is 31.1 Å². The minimum atomic E-state index is -5.61. The minimum Gasteiger partial charge on any atom is -0.272 e. The number of rotatable bonds is 2. The van der Waals surface area contributed by atoms with Crippen LogP contribution >= 0.6 is 0 Å². The molecule has 0 atom stereocenters. The Morgan fingerprint density at radius 2 is 1.47 bits per heavy atom. The van der Waals surface area contributed by atoms with Crippen LogP contribution in [0.25, 0.3) is 0 Å². The lowest BCUT2D eigenvalue weighted by atomic mass is 10.1. The highest BCUT2D eigenvalue weighted by Crippen LogP contribution is 2.35. The molecule has 1 aromatic carbocycles. The first-order chi connectivity index (χ1) is 8.60. The van der Waals surface area contributed by atoms with Crippen molar-refractivity contribution >= 4 is 16.6 Å². The molecule has 0 saturated carbocycles. The Kier molecular flexibility index (Phi) is 4.72. The molecule has 0 aromatic heterocycles. The molecule has 0 heterocycles. The van der Waals surface area contributed by atoms with Crippen LogP contribution in [-0.4, -0.2) is 16.9 Å². The normalized spacial score (nSPS) is 12.6. The van der Waals surface area contributed by atoms with E-state index in [0.29, 0.717) is 5.56 Å². The lowest BCUT2D eigenvalue weighted by Crippen LogP contribution is -2.30.